The van der Waals surface area contributed by atoms with E-state index in [2.05, 4.69) is 20.6 Å². The summed E-state index contributed by atoms with van der Waals surface area (Å²) in [5, 5.41) is 11.8. The van der Waals surface area contributed by atoms with Crippen LogP contribution >= 0.6 is 0 Å². The molecule has 1 unspecified atom stereocenters. The molecule has 1 saturated heterocycles. The number of fused-ring (bicyclic) bond motifs is 1. The molecule has 1 saturated carbocycles. The fraction of sp³-hybridized carbons (Fsp3) is 0.464. The second-order valence-corrected chi connectivity index (χ2v) is 10.4. The summed E-state index contributed by atoms with van der Waals surface area (Å²) in [6.45, 7) is 2.39. The van der Waals surface area contributed by atoms with E-state index in [1.54, 1.807) is 17.9 Å². The van der Waals surface area contributed by atoms with E-state index in [4.69, 9.17) is 14.5 Å². The number of methoxy groups -OCH3 is 1. The van der Waals surface area contributed by atoms with Crippen LogP contribution in [0.1, 0.15) is 62.0 Å². The minimum absolute atomic E-state index is 0.0455. The first kappa shape index (κ1) is 26.3. The minimum Gasteiger partial charge on any atom is -0.494 e. The number of aryl methyl sites for hydroxylation is 1. The summed E-state index contributed by atoms with van der Waals surface area (Å²) < 4.78 is 43.4. The van der Waals surface area contributed by atoms with Crippen molar-refractivity contribution in [2.45, 2.75) is 58.1 Å². The van der Waals surface area contributed by atoms with Crippen LogP contribution in [0.5, 0.6) is 5.75 Å². The second-order valence-electron chi connectivity index (χ2n) is 10.4. The van der Waals surface area contributed by atoms with Crippen LogP contribution in [0.15, 0.2) is 24.3 Å². The Bertz CT molecular complexity index is 1570. The zero-order valence-electron chi connectivity index (χ0n) is 22.7. The van der Waals surface area contributed by atoms with Gasteiger partial charge in [0.2, 0.25) is 0 Å². The first-order valence-corrected chi connectivity index (χ1v) is 13.5. The van der Waals surface area contributed by atoms with Gasteiger partial charge >= 0.3 is 0 Å². The largest absolute Gasteiger partial charge is 0.494 e. The van der Waals surface area contributed by atoms with Gasteiger partial charge in [-0.05, 0) is 57.2 Å². The molecule has 0 bridgehead atoms. The molecule has 3 aromatic heterocycles. The van der Waals surface area contributed by atoms with Gasteiger partial charge in [-0.15, -0.1) is 5.10 Å². The maximum atomic E-state index is 14.3. The van der Waals surface area contributed by atoms with Gasteiger partial charge < -0.3 is 14.8 Å². The van der Waals surface area contributed by atoms with Crippen molar-refractivity contribution in [1.82, 2.24) is 29.5 Å². The van der Waals surface area contributed by atoms with Gasteiger partial charge in [0.25, 0.3) is 6.43 Å². The first-order valence-electron chi connectivity index (χ1n) is 13.5. The molecule has 2 fully saturated rings. The molecule has 4 heterocycles. The zero-order chi connectivity index (χ0) is 28.0. The number of anilines is 2. The third kappa shape index (κ3) is 4.80. The molecule has 2 aliphatic rings. The maximum absolute atomic E-state index is 14.3. The number of nitrogens with zero attached hydrogens (tertiary/aromatic N) is 6. The van der Waals surface area contributed by atoms with E-state index in [0.717, 1.165) is 36.9 Å². The number of pyridine rings is 1. The van der Waals surface area contributed by atoms with Crippen LogP contribution in [0.2, 0.25) is 0 Å². The van der Waals surface area contributed by atoms with Gasteiger partial charge in [0.15, 0.2) is 17.2 Å². The number of hydrogen-bond acceptors (Lipinski definition) is 8. The average molecular weight is 552 g/mol. The van der Waals surface area contributed by atoms with Crippen molar-refractivity contribution >= 4 is 28.3 Å². The van der Waals surface area contributed by atoms with Gasteiger partial charge in [-0.1, -0.05) is 11.3 Å². The Morgan fingerprint density at radius 3 is 2.67 bits per heavy atom. The van der Waals surface area contributed by atoms with Crippen molar-refractivity contribution in [3.63, 3.8) is 0 Å². The monoisotopic (exact) mass is 551 g/mol. The summed E-state index contributed by atoms with van der Waals surface area (Å²) in [5.41, 5.74) is 4.31. The van der Waals surface area contributed by atoms with Gasteiger partial charge in [0.1, 0.15) is 23.2 Å². The fourth-order valence-corrected chi connectivity index (χ4v) is 5.25. The molecule has 1 N–H and O–H groups in total. The zero-order valence-corrected chi connectivity index (χ0v) is 22.7. The van der Waals surface area contributed by atoms with Crippen LogP contribution in [-0.4, -0.2) is 49.0 Å². The molecular formula is C28H31F2N7O3. The summed E-state index contributed by atoms with van der Waals surface area (Å²) in [5.74, 6) is 0.253. The average Bonchev–Trinajstić information content (AvgIpc) is 3.66. The second kappa shape index (κ2) is 10.6. The summed E-state index contributed by atoms with van der Waals surface area (Å²) >= 11 is 0. The van der Waals surface area contributed by atoms with Crippen LogP contribution in [0, 0.1) is 12.8 Å². The molecule has 1 aromatic carbocycles. The Morgan fingerprint density at radius 2 is 2.02 bits per heavy atom. The van der Waals surface area contributed by atoms with Gasteiger partial charge in [0.05, 0.1) is 29.9 Å². The number of ketones is 1. The third-order valence-electron chi connectivity index (χ3n) is 7.61. The highest BCUT2D eigenvalue weighted by Crippen LogP contribution is 2.41. The number of halogens is 2. The van der Waals surface area contributed by atoms with Crippen LogP contribution in [0.4, 0.5) is 20.2 Å². The van der Waals surface area contributed by atoms with E-state index in [-0.39, 0.29) is 29.3 Å². The summed E-state index contributed by atoms with van der Waals surface area (Å²) in [6.07, 6.45) is 0.735. The van der Waals surface area contributed by atoms with Crippen LogP contribution in [-0.2, 0) is 23.0 Å². The van der Waals surface area contributed by atoms with Crippen molar-refractivity contribution in [3.05, 3.63) is 41.5 Å². The fourth-order valence-electron chi connectivity index (χ4n) is 5.25. The highest BCUT2D eigenvalue weighted by molar-refractivity contribution is 5.92. The van der Waals surface area contributed by atoms with Crippen molar-refractivity contribution in [1.29, 1.82) is 0 Å². The number of para-hydroxylation sites is 1. The molecule has 12 heteroatoms. The number of Topliss-reactive ketones (excluding diaryl/α,β-unsaturated/α-hetero) is 1. The summed E-state index contributed by atoms with van der Waals surface area (Å²) in [4.78, 5) is 21.8. The molecule has 210 valence electrons. The van der Waals surface area contributed by atoms with Crippen LogP contribution in [0.25, 0.3) is 22.4 Å². The topological polar surface area (TPSA) is 109 Å². The van der Waals surface area contributed by atoms with Gasteiger partial charge in [-0.2, -0.15) is 0 Å². The third-order valence-corrected chi connectivity index (χ3v) is 7.61. The molecule has 10 nitrogen and oxygen atoms in total. The van der Waals surface area contributed by atoms with E-state index >= 15 is 0 Å². The van der Waals surface area contributed by atoms with E-state index < -0.39 is 18.5 Å². The molecule has 1 aliphatic heterocycles. The molecule has 40 heavy (non-hydrogen) atoms. The molecule has 0 spiro atoms. The summed E-state index contributed by atoms with van der Waals surface area (Å²) in [6, 6.07) is 7.28. The molecule has 4 aromatic rings. The van der Waals surface area contributed by atoms with E-state index in [1.165, 1.54) is 4.57 Å². The number of alkyl halides is 2. The van der Waals surface area contributed by atoms with Crippen molar-refractivity contribution < 1.29 is 23.0 Å². The van der Waals surface area contributed by atoms with Gasteiger partial charge in [-0.3, -0.25) is 14.0 Å². The number of carbonyl (C=O) groups excluding carboxylic acids is 1. The van der Waals surface area contributed by atoms with Crippen molar-refractivity contribution in [2.24, 2.45) is 13.0 Å². The minimum atomic E-state index is -2.83. The highest BCUT2D eigenvalue weighted by Gasteiger charge is 2.32. The molecular weight excluding hydrogens is 520 g/mol. The lowest BCUT2D eigenvalue weighted by atomic mass is 10.1. The van der Waals surface area contributed by atoms with Gasteiger partial charge in [-0.25, -0.2) is 18.7 Å². The molecule has 1 atom stereocenters. The number of nitrogens with one attached hydrogen (secondary N) is 1. The Hall–Kier alpha value is -3.93. The number of imidazole rings is 1. The normalized spacial score (nSPS) is 17.5. The van der Waals surface area contributed by atoms with E-state index in [1.807, 2.05) is 32.2 Å². The smallest absolute Gasteiger partial charge is 0.295 e. The lowest BCUT2D eigenvalue weighted by molar-refractivity contribution is -0.119. The lowest BCUT2D eigenvalue weighted by Crippen LogP contribution is -2.21. The Balaban J connectivity index is 1.50. The Kier molecular flexibility index (Phi) is 6.95. The summed E-state index contributed by atoms with van der Waals surface area (Å²) in [7, 11) is 3.37. The van der Waals surface area contributed by atoms with Crippen molar-refractivity contribution in [2.75, 3.05) is 19.0 Å². The molecule has 1 aliphatic carbocycles. The standard InChI is InChI=1S/C28H31F2N7O3/c1-15-23(34-35-36(15)2)18-7-6-8-19(25(18)39-3)32-20-13-17(14-21(38)16-10-11-16)31-27-24(20)33-28(26(29)30)37(27)22-9-4-5-12-40-22/h6-8,13,16,22,26H,4-5,9-12,14H2,1-3H3,(H,31,32). The Morgan fingerprint density at radius 1 is 1.20 bits per heavy atom. The molecule has 6 rings (SSSR count). The molecule has 0 amide bonds. The predicted octanol–water partition coefficient (Wildman–Crippen LogP) is 5.45. The predicted molar refractivity (Wildman–Crippen MR) is 144 cm³/mol. The number of hydrogen-bond donors (Lipinski definition) is 1. The highest BCUT2D eigenvalue weighted by atomic mass is 19.3. The van der Waals surface area contributed by atoms with E-state index in [0.29, 0.717) is 41.5 Å². The maximum Gasteiger partial charge on any atom is 0.295 e. The SMILES string of the molecule is COc1c(Nc2cc(CC(=O)C3CC3)nc3c2nc(C(F)F)n3C2CCCCO2)cccc1-c1nnn(C)c1C. The Labute approximate surface area is 229 Å². The molecule has 0 radical (unpaired) electrons. The van der Waals surface area contributed by atoms with Gasteiger partial charge in [0, 0.05) is 31.6 Å². The van der Waals surface area contributed by atoms with Crippen LogP contribution in [0.3, 0.4) is 0 Å². The number of carbonyl (C=O) groups is 1. The first-order chi connectivity index (χ1) is 19.4. The van der Waals surface area contributed by atoms with E-state index in [9.17, 15) is 13.6 Å². The van der Waals surface area contributed by atoms with Crippen LogP contribution < -0.4 is 10.1 Å². The quantitative estimate of drug-likeness (QED) is 0.293. The number of aromatic nitrogens is 6. The number of rotatable bonds is 9. The lowest BCUT2D eigenvalue weighted by Gasteiger charge is -2.25. The number of benzene rings is 1. The van der Waals surface area contributed by atoms with Crippen molar-refractivity contribution in [3.8, 4) is 17.0 Å². The number of ether oxygens (including phenoxy) is 2.